The molecule has 10 rings (SSSR count). The fourth-order valence-corrected chi connectivity index (χ4v) is 10.4. The summed E-state index contributed by atoms with van der Waals surface area (Å²) in [5, 5.41) is 73.5. The lowest BCUT2D eigenvalue weighted by atomic mass is 9.92. The Kier molecular flexibility index (Phi) is 15.2. The molecule has 22 heteroatoms. The molecular formula is C57H52O21S. The third-order valence-electron chi connectivity index (χ3n) is 13.5. The number of hydrogen-bond donors (Lipinski definition) is 7. The van der Waals surface area contributed by atoms with Gasteiger partial charge in [0.1, 0.15) is 53.1 Å². The molecule has 4 aliphatic rings. The maximum absolute atomic E-state index is 13.2. The van der Waals surface area contributed by atoms with E-state index in [4.69, 9.17) is 47.4 Å². The largest absolute Gasteiger partial charge is 0.508 e. The molecule has 21 nitrogen and oxygen atoms in total. The van der Waals surface area contributed by atoms with E-state index in [1.54, 1.807) is 55.5 Å². The molecule has 0 saturated carbocycles. The number of Topliss-reactive ketones (excluding diaryl/α,β-unsaturated/α-hetero) is 2. The van der Waals surface area contributed by atoms with Crippen molar-refractivity contribution in [2.75, 3.05) is 38.9 Å². The van der Waals surface area contributed by atoms with Gasteiger partial charge in [0.2, 0.25) is 11.6 Å². The third kappa shape index (κ3) is 10.9. The van der Waals surface area contributed by atoms with Crippen molar-refractivity contribution in [2.45, 2.75) is 68.6 Å². The zero-order valence-corrected chi connectivity index (χ0v) is 43.2. The van der Waals surface area contributed by atoms with E-state index in [9.17, 15) is 54.9 Å². The predicted octanol–water partition coefficient (Wildman–Crippen LogP) is 6.96. The molecule has 412 valence electrons. The van der Waals surface area contributed by atoms with Gasteiger partial charge in [0, 0.05) is 34.8 Å². The van der Waals surface area contributed by atoms with E-state index in [1.807, 2.05) is 0 Å². The molecule has 0 aliphatic carbocycles. The number of phenols is 5. The monoisotopic (exact) mass is 1100 g/mol. The van der Waals surface area contributed by atoms with Crippen molar-refractivity contribution >= 4 is 35.3 Å². The van der Waals surface area contributed by atoms with Crippen LogP contribution in [0, 0.1) is 6.92 Å². The topological polar surface area (TPSA) is 302 Å². The third-order valence-corrected chi connectivity index (χ3v) is 14.5. The molecular weight excluding hydrogens is 1050 g/mol. The summed E-state index contributed by atoms with van der Waals surface area (Å²) in [6, 6.07) is 23.5. The van der Waals surface area contributed by atoms with Crippen molar-refractivity contribution in [3.63, 3.8) is 0 Å². The summed E-state index contributed by atoms with van der Waals surface area (Å²) >= 11 is 1.32. The van der Waals surface area contributed by atoms with E-state index in [1.165, 1.54) is 62.4 Å². The van der Waals surface area contributed by atoms with Crippen molar-refractivity contribution in [3.05, 3.63) is 136 Å². The van der Waals surface area contributed by atoms with Crippen molar-refractivity contribution in [2.24, 2.45) is 0 Å². The summed E-state index contributed by atoms with van der Waals surface area (Å²) < 4.78 is 59.6. The molecule has 0 amide bonds. The minimum atomic E-state index is -1.73. The van der Waals surface area contributed by atoms with Gasteiger partial charge in [-0.1, -0.05) is 24.3 Å². The molecule has 79 heavy (non-hydrogen) atoms. The van der Waals surface area contributed by atoms with Gasteiger partial charge in [-0.15, -0.1) is 0 Å². The van der Waals surface area contributed by atoms with Crippen LogP contribution in [0.15, 0.2) is 97.1 Å². The van der Waals surface area contributed by atoms with E-state index < -0.39 is 78.1 Å². The van der Waals surface area contributed by atoms with E-state index in [0.29, 0.717) is 27.8 Å². The lowest BCUT2D eigenvalue weighted by molar-refractivity contribution is -0.148. The Morgan fingerprint density at radius 3 is 1.37 bits per heavy atom. The highest BCUT2D eigenvalue weighted by Gasteiger charge is 2.43. The summed E-state index contributed by atoms with van der Waals surface area (Å²) in [6.07, 6.45) is -9.55. The Labute approximate surface area is 454 Å². The average Bonchev–Trinajstić information content (AvgIpc) is 3.53. The quantitative estimate of drug-likeness (QED) is 0.0381. The Balaban J connectivity index is 0.741. The number of aliphatic hydroxyl groups excluding tert-OH is 2. The Morgan fingerprint density at radius 1 is 0.481 bits per heavy atom. The number of fused-ring (bicyclic) bond motifs is 4. The molecule has 0 fully saturated rings. The number of aryl methyl sites for hydroxylation is 1. The van der Waals surface area contributed by atoms with E-state index >= 15 is 0 Å². The number of aliphatic hydroxyl groups is 2. The van der Waals surface area contributed by atoms with Gasteiger partial charge >= 0.3 is 11.9 Å². The number of esters is 2. The highest BCUT2D eigenvalue weighted by atomic mass is 32.2. The van der Waals surface area contributed by atoms with Gasteiger partial charge in [0.05, 0.1) is 27.1 Å². The van der Waals surface area contributed by atoms with E-state index in [-0.39, 0.29) is 118 Å². The lowest BCUT2D eigenvalue weighted by Gasteiger charge is -2.35. The van der Waals surface area contributed by atoms with Crippen molar-refractivity contribution in [1.82, 2.24) is 0 Å². The average molecular weight is 1110 g/mol. The molecule has 7 N–H and O–H groups in total. The van der Waals surface area contributed by atoms with Gasteiger partial charge in [0.25, 0.3) is 0 Å². The Bertz CT molecular complexity index is 3140. The van der Waals surface area contributed by atoms with Gasteiger partial charge in [-0.25, -0.2) is 0 Å². The van der Waals surface area contributed by atoms with E-state index in [0.717, 1.165) is 12.1 Å². The van der Waals surface area contributed by atoms with Crippen LogP contribution in [0.5, 0.6) is 74.7 Å². The highest BCUT2D eigenvalue weighted by Crippen LogP contribution is 2.48. The molecule has 4 aliphatic heterocycles. The van der Waals surface area contributed by atoms with Gasteiger partial charge in [-0.3, -0.25) is 19.2 Å². The first-order valence-electron chi connectivity index (χ1n) is 24.7. The van der Waals surface area contributed by atoms with Crippen molar-refractivity contribution < 1.29 is 102 Å². The number of rotatable bonds is 16. The molecule has 4 unspecified atom stereocenters. The second-order valence-corrected chi connectivity index (χ2v) is 20.1. The summed E-state index contributed by atoms with van der Waals surface area (Å²) in [5.74, 6) is -2.36. The first-order valence-corrected chi connectivity index (χ1v) is 25.9. The minimum absolute atomic E-state index is 0.0252. The second-order valence-electron chi connectivity index (χ2n) is 18.8. The lowest BCUT2D eigenvalue weighted by Crippen LogP contribution is -2.38. The minimum Gasteiger partial charge on any atom is -0.508 e. The molecule has 0 radical (unpaired) electrons. The smallest absolute Gasteiger partial charge is 0.306 e. The molecule has 0 spiro atoms. The zero-order chi connectivity index (χ0) is 55.8. The van der Waals surface area contributed by atoms with E-state index in [2.05, 4.69) is 0 Å². The zero-order valence-electron chi connectivity index (χ0n) is 42.4. The number of carbonyl (C=O) groups excluding carboxylic acids is 4. The number of methoxy groups -OCH3 is 2. The van der Waals surface area contributed by atoms with Crippen LogP contribution in [-0.2, 0) is 19.1 Å². The molecule has 6 aromatic carbocycles. The number of ether oxygens (including phenoxy) is 10. The summed E-state index contributed by atoms with van der Waals surface area (Å²) in [6.45, 7) is 1.20. The molecule has 4 heterocycles. The van der Waals surface area contributed by atoms with Gasteiger partial charge in [-0.2, -0.15) is 11.8 Å². The summed E-state index contributed by atoms with van der Waals surface area (Å²) in [7, 11) is 2.76. The fraction of sp³-hybridized carbons (Fsp3) is 0.298. The molecule has 0 bridgehead atoms. The fourth-order valence-electron chi connectivity index (χ4n) is 9.59. The number of benzene rings is 6. The van der Waals surface area contributed by atoms with Crippen LogP contribution in [-0.4, -0.2) is 123 Å². The molecule has 0 saturated heterocycles. The molecule has 6 aromatic rings. The first-order chi connectivity index (χ1) is 38.0. The number of thioether (sulfide) groups is 1. The van der Waals surface area contributed by atoms with Crippen LogP contribution < -0.4 is 37.9 Å². The first kappa shape index (κ1) is 53.7. The Hall–Kier alpha value is -8.73. The maximum Gasteiger partial charge on any atom is 0.306 e. The number of phenolic OH excluding ortho intramolecular Hbond substituents is 5. The number of aromatic hydroxyl groups is 5. The SMILES string of the molecule is COc1cc(C2Oc3cc([C@H]4Oc5cc(C)cc(O)c5C(=O)[C@@H]4O)ccc3OC2COC(=O)CCSCCC(=O)OCC2Oc3ccc([C@H]4Oc5cc(O)cc(O)c5C(=O)[C@@H]4O)cc3OC2c2ccc(O)c(OC)c2)ccc1O. The van der Waals surface area contributed by atoms with Crippen LogP contribution >= 0.6 is 11.8 Å². The number of ketones is 2. The standard InChI is InChI=1S/C57H52O21S/c1-26-16-34(61)48-42(17-26)77-56(52(67)50(48)65)29-6-10-36-40(20-29)75-54(27-4-8-32(59)38(18-27)69-2)44(73-36)24-71-46(63)12-14-79-15-13-47(64)72-25-45-55(28-5-9-33(60)39(19-28)70-3)76-41-21-30(7-11-37(41)74-45)57-53(68)51(66)49-35(62)22-31(58)23-43(49)78-57/h4-11,16-23,44-45,52-62,67-68H,12-15,24-25H2,1-3H3/t44?,45?,52-,53-,54?,55?,56+,57+/m0/s1. The predicted molar refractivity (Wildman–Crippen MR) is 276 cm³/mol. The number of carbonyl (C=O) groups is 4. The van der Waals surface area contributed by atoms with Gasteiger partial charge in [-0.05, 0) is 84.3 Å². The van der Waals surface area contributed by atoms with Crippen LogP contribution in [0.25, 0.3) is 0 Å². The van der Waals surface area contributed by atoms with Crippen molar-refractivity contribution in [1.29, 1.82) is 0 Å². The Morgan fingerprint density at radius 2 is 0.899 bits per heavy atom. The van der Waals surface area contributed by atoms with Crippen LogP contribution in [0.2, 0.25) is 0 Å². The molecule has 8 atom stereocenters. The highest BCUT2D eigenvalue weighted by molar-refractivity contribution is 7.99. The van der Waals surface area contributed by atoms with Gasteiger partial charge in [0.15, 0.2) is 94.8 Å². The maximum atomic E-state index is 13.2. The van der Waals surface area contributed by atoms with Crippen LogP contribution in [0.3, 0.4) is 0 Å². The summed E-state index contributed by atoms with van der Waals surface area (Å²) in [4.78, 5) is 52.6. The number of hydrogen-bond acceptors (Lipinski definition) is 22. The van der Waals surface area contributed by atoms with Crippen molar-refractivity contribution in [3.8, 4) is 74.7 Å². The van der Waals surface area contributed by atoms with Crippen LogP contribution in [0.4, 0.5) is 0 Å². The second kappa shape index (κ2) is 22.3. The normalized spacial score (nSPS) is 21.6. The molecule has 0 aromatic heterocycles. The summed E-state index contributed by atoms with van der Waals surface area (Å²) in [5.41, 5.74) is 1.91. The van der Waals surface area contributed by atoms with Gasteiger partial charge < -0.3 is 83.1 Å². The van der Waals surface area contributed by atoms with Crippen LogP contribution in [0.1, 0.15) is 85.8 Å².